The van der Waals surface area contributed by atoms with Crippen LogP contribution < -0.4 is 5.73 Å². The molecule has 0 radical (unpaired) electrons. The highest BCUT2D eigenvalue weighted by molar-refractivity contribution is 5.79. The summed E-state index contributed by atoms with van der Waals surface area (Å²) < 4.78 is 0. The van der Waals surface area contributed by atoms with E-state index in [0.29, 0.717) is 12.3 Å². The Morgan fingerprint density at radius 1 is 1.12 bits per heavy atom. The molecule has 1 aliphatic heterocycles. The van der Waals surface area contributed by atoms with Crippen LogP contribution in [0, 0.1) is 0 Å². The van der Waals surface area contributed by atoms with Gasteiger partial charge in [-0.15, -0.1) is 0 Å². The van der Waals surface area contributed by atoms with E-state index < -0.39 is 0 Å². The number of hydrogen-bond donors (Lipinski definition) is 3. The summed E-state index contributed by atoms with van der Waals surface area (Å²) in [6, 6.07) is 0. The number of amidine groups is 1. The first-order valence-electron chi connectivity index (χ1n) is 6.28. The first kappa shape index (κ1) is 14.2. The topological polar surface area (TPSA) is 85.3 Å². The van der Waals surface area contributed by atoms with Crippen molar-refractivity contribution in [3.8, 4) is 0 Å². The van der Waals surface area contributed by atoms with Gasteiger partial charge in [-0.2, -0.15) is 0 Å². The third kappa shape index (κ3) is 5.86. The molecule has 1 heterocycles. The van der Waals surface area contributed by atoms with E-state index in [4.69, 9.17) is 16.0 Å². The molecule has 6 heteroatoms. The zero-order valence-corrected chi connectivity index (χ0v) is 10.4. The molecule has 0 saturated carbocycles. The molecule has 100 valence electrons. The van der Waals surface area contributed by atoms with E-state index in [9.17, 15) is 0 Å². The average Bonchev–Trinajstić information content (AvgIpc) is 2.55. The van der Waals surface area contributed by atoms with Crippen LogP contribution in [0.1, 0.15) is 19.3 Å². The van der Waals surface area contributed by atoms with Crippen molar-refractivity contribution in [2.45, 2.75) is 19.3 Å². The smallest absolute Gasteiger partial charge is 0.139 e. The highest BCUT2D eigenvalue weighted by Gasteiger charge is 2.13. The Labute approximate surface area is 103 Å². The van der Waals surface area contributed by atoms with E-state index in [1.165, 1.54) is 0 Å². The molecule has 6 nitrogen and oxygen atoms in total. The van der Waals surface area contributed by atoms with E-state index in [2.05, 4.69) is 15.0 Å². The molecule has 1 saturated heterocycles. The van der Waals surface area contributed by atoms with Crippen molar-refractivity contribution in [2.75, 3.05) is 45.9 Å². The minimum atomic E-state index is 0.240. The number of aliphatic hydroxyl groups excluding tert-OH is 1. The van der Waals surface area contributed by atoms with Crippen LogP contribution in [0.3, 0.4) is 0 Å². The van der Waals surface area contributed by atoms with Gasteiger partial charge in [0.25, 0.3) is 0 Å². The molecule has 1 fully saturated rings. The zero-order valence-electron chi connectivity index (χ0n) is 10.4. The van der Waals surface area contributed by atoms with E-state index in [-0.39, 0.29) is 6.61 Å². The van der Waals surface area contributed by atoms with Crippen molar-refractivity contribution in [2.24, 2.45) is 10.9 Å². The van der Waals surface area contributed by atoms with Gasteiger partial charge in [0, 0.05) is 26.1 Å². The number of rotatable bonds is 6. The molecule has 17 heavy (non-hydrogen) atoms. The monoisotopic (exact) mass is 244 g/mol. The fourth-order valence-corrected chi connectivity index (χ4v) is 2.15. The third-order valence-corrected chi connectivity index (χ3v) is 3.13. The normalized spacial score (nSPS) is 20.4. The summed E-state index contributed by atoms with van der Waals surface area (Å²) in [6.07, 6.45) is 2.72. The van der Waals surface area contributed by atoms with Crippen molar-refractivity contribution in [1.29, 1.82) is 0 Å². The van der Waals surface area contributed by atoms with Crippen LogP contribution in [0.25, 0.3) is 0 Å². The number of β-amino-alcohol motifs (C(OH)–C–C–N with tert-alkyl or cyclic N) is 1. The van der Waals surface area contributed by atoms with Crippen molar-refractivity contribution >= 4 is 5.84 Å². The number of nitrogens with zero attached hydrogens (tertiary/aromatic N) is 3. The van der Waals surface area contributed by atoms with Crippen LogP contribution in [0.5, 0.6) is 0 Å². The van der Waals surface area contributed by atoms with Crippen molar-refractivity contribution in [3.63, 3.8) is 0 Å². The summed E-state index contributed by atoms with van der Waals surface area (Å²) in [5.74, 6) is 0.307. The predicted molar refractivity (Wildman–Crippen MR) is 67.2 cm³/mol. The first-order valence-corrected chi connectivity index (χ1v) is 6.28. The van der Waals surface area contributed by atoms with Gasteiger partial charge in [-0.3, -0.25) is 4.90 Å². The molecule has 0 bridgehead atoms. The van der Waals surface area contributed by atoms with Crippen molar-refractivity contribution in [3.05, 3.63) is 0 Å². The van der Waals surface area contributed by atoms with Gasteiger partial charge in [0.1, 0.15) is 5.84 Å². The summed E-state index contributed by atoms with van der Waals surface area (Å²) in [5, 5.41) is 20.3. The van der Waals surface area contributed by atoms with Gasteiger partial charge in [-0.05, 0) is 32.5 Å². The molecule has 0 aromatic carbocycles. The van der Waals surface area contributed by atoms with Crippen LogP contribution in [0.2, 0.25) is 0 Å². The second-order valence-electron chi connectivity index (χ2n) is 4.46. The van der Waals surface area contributed by atoms with Crippen LogP contribution in [-0.4, -0.2) is 71.8 Å². The number of aliphatic hydroxyl groups is 1. The Bertz CT molecular complexity index is 236. The number of hydrogen-bond acceptors (Lipinski definition) is 5. The number of oxime groups is 1. The summed E-state index contributed by atoms with van der Waals surface area (Å²) >= 11 is 0. The van der Waals surface area contributed by atoms with Gasteiger partial charge in [-0.25, -0.2) is 0 Å². The number of nitrogens with two attached hydrogens (primary N) is 1. The molecule has 0 unspecified atom stereocenters. The highest BCUT2D eigenvalue weighted by Crippen LogP contribution is 2.04. The van der Waals surface area contributed by atoms with Gasteiger partial charge in [0.05, 0.1) is 6.61 Å². The summed E-state index contributed by atoms with van der Waals surface area (Å²) in [7, 11) is 0. The second-order valence-corrected chi connectivity index (χ2v) is 4.46. The molecule has 0 aromatic heterocycles. The second kappa shape index (κ2) is 8.27. The fraction of sp³-hybridized carbons (Fsp3) is 0.909. The maximum Gasteiger partial charge on any atom is 0.139 e. The van der Waals surface area contributed by atoms with Gasteiger partial charge in [-0.1, -0.05) is 5.16 Å². The van der Waals surface area contributed by atoms with E-state index >= 15 is 0 Å². The van der Waals surface area contributed by atoms with Gasteiger partial charge < -0.3 is 20.9 Å². The molecule has 0 amide bonds. The Kier molecular flexibility index (Phi) is 6.91. The van der Waals surface area contributed by atoms with Crippen LogP contribution in [0.4, 0.5) is 0 Å². The van der Waals surface area contributed by atoms with Crippen LogP contribution in [0.15, 0.2) is 5.16 Å². The largest absolute Gasteiger partial charge is 0.409 e. The Balaban J connectivity index is 2.18. The van der Waals surface area contributed by atoms with Crippen LogP contribution >= 0.6 is 0 Å². The molecule has 0 atom stereocenters. The third-order valence-electron chi connectivity index (χ3n) is 3.13. The highest BCUT2D eigenvalue weighted by atomic mass is 16.4. The van der Waals surface area contributed by atoms with E-state index in [1.54, 1.807) is 0 Å². The Morgan fingerprint density at radius 3 is 2.35 bits per heavy atom. The lowest BCUT2D eigenvalue weighted by Gasteiger charge is -2.20. The SMILES string of the molecule is NC(CCCN1CCCN(CCO)CC1)=NO. The van der Waals surface area contributed by atoms with E-state index in [0.717, 1.165) is 52.1 Å². The Morgan fingerprint density at radius 2 is 1.76 bits per heavy atom. The van der Waals surface area contributed by atoms with E-state index in [1.807, 2.05) is 0 Å². The quantitative estimate of drug-likeness (QED) is 0.254. The van der Waals surface area contributed by atoms with Crippen molar-refractivity contribution < 1.29 is 10.3 Å². The van der Waals surface area contributed by atoms with Crippen LogP contribution in [-0.2, 0) is 0 Å². The maximum atomic E-state index is 8.90. The average molecular weight is 244 g/mol. The predicted octanol–water partition coefficient (Wildman–Crippen LogP) is -0.487. The lowest BCUT2D eigenvalue weighted by atomic mass is 10.2. The van der Waals surface area contributed by atoms with Crippen molar-refractivity contribution in [1.82, 2.24) is 9.80 Å². The molecule has 1 aliphatic rings. The lowest BCUT2D eigenvalue weighted by molar-refractivity contribution is 0.196. The summed E-state index contributed by atoms with van der Waals surface area (Å²) in [6.45, 7) is 6.22. The molecule has 4 N–H and O–H groups in total. The molecule has 0 aromatic rings. The molecule has 0 spiro atoms. The summed E-state index contributed by atoms with van der Waals surface area (Å²) in [5.41, 5.74) is 5.43. The van der Waals surface area contributed by atoms with Gasteiger partial charge in [0.15, 0.2) is 0 Å². The molecule has 1 rings (SSSR count). The Hall–Kier alpha value is -0.850. The minimum Gasteiger partial charge on any atom is -0.409 e. The molecular formula is C11H24N4O2. The fourth-order valence-electron chi connectivity index (χ4n) is 2.15. The van der Waals surface area contributed by atoms with Gasteiger partial charge >= 0.3 is 0 Å². The lowest BCUT2D eigenvalue weighted by Crippen LogP contribution is -2.33. The standard InChI is InChI=1S/C11H24N4O2/c12-11(13-17)3-1-4-14-5-2-6-15(8-7-14)9-10-16/h16-17H,1-10H2,(H2,12,13). The van der Waals surface area contributed by atoms with Gasteiger partial charge in [0.2, 0.25) is 0 Å². The zero-order chi connectivity index (χ0) is 12.5. The minimum absolute atomic E-state index is 0.240. The molecule has 0 aliphatic carbocycles. The molecular weight excluding hydrogens is 220 g/mol. The maximum absolute atomic E-state index is 8.90. The summed E-state index contributed by atoms with van der Waals surface area (Å²) in [4.78, 5) is 4.70. The first-order chi connectivity index (χ1) is 8.26.